The van der Waals surface area contributed by atoms with Crippen LogP contribution in [0.25, 0.3) is 0 Å². The largest absolute Gasteiger partial charge is 0.309 e. The normalized spacial score (nSPS) is 13.9. The van der Waals surface area contributed by atoms with Gasteiger partial charge in [-0.25, -0.2) is 0 Å². The third kappa shape index (κ3) is 3.91. The Morgan fingerprint density at radius 3 is 2.08 bits per heavy atom. The van der Waals surface area contributed by atoms with E-state index in [9.17, 15) is 0 Å². The quantitative estimate of drug-likeness (QED) is 0.572. The smallest absolute Gasteiger partial charge is 0.00408 e. The zero-order valence-corrected chi connectivity index (χ0v) is 9.22. The van der Waals surface area contributed by atoms with Crippen molar-refractivity contribution < 1.29 is 0 Å². The summed E-state index contributed by atoms with van der Waals surface area (Å²) in [5.74, 6) is 1.29. The second kappa shape index (κ2) is 5.36. The van der Waals surface area contributed by atoms with Crippen molar-refractivity contribution >= 4 is 0 Å². The first kappa shape index (κ1) is 11.7. The second-order valence-corrected chi connectivity index (χ2v) is 4.10. The summed E-state index contributed by atoms with van der Waals surface area (Å²) in [5, 5.41) is 0. The highest BCUT2D eigenvalue weighted by molar-refractivity contribution is 5.03. The predicted molar refractivity (Wildman–Crippen MR) is 56.3 cm³/mol. The van der Waals surface area contributed by atoms with Gasteiger partial charge in [0.1, 0.15) is 0 Å². The molecule has 0 aliphatic carbocycles. The van der Waals surface area contributed by atoms with Crippen molar-refractivity contribution in [2.75, 3.05) is 20.6 Å². The van der Waals surface area contributed by atoms with Gasteiger partial charge in [-0.2, -0.15) is 0 Å². The van der Waals surface area contributed by atoms with Gasteiger partial charge in [0.05, 0.1) is 0 Å². The summed E-state index contributed by atoms with van der Waals surface area (Å²) >= 11 is 0. The Morgan fingerprint density at radius 2 is 1.83 bits per heavy atom. The SMILES string of the molecule is C=C(C(C)C)C(CC)CN(C)C. The minimum Gasteiger partial charge on any atom is -0.309 e. The number of nitrogens with zero attached hydrogens (tertiary/aromatic N) is 1. The zero-order chi connectivity index (χ0) is 9.72. The first-order chi connectivity index (χ1) is 5.49. The molecular weight excluding hydrogens is 146 g/mol. The van der Waals surface area contributed by atoms with Crippen molar-refractivity contribution in [3.63, 3.8) is 0 Å². The Bertz CT molecular complexity index is 136. The van der Waals surface area contributed by atoms with E-state index >= 15 is 0 Å². The van der Waals surface area contributed by atoms with Crippen LogP contribution in [0.5, 0.6) is 0 Å². The van der Waals surface area contributed by atoms with Crippen LogP contribution in [0.3, 0.4) is 0 Å². The lowest BCUT2D eigenvalue weighted by Gasteiger charge is -2.24. The van der Waals surface area contributed by atoms with E-state index in [1.165, 1.54) is 12.0 Å². The Balaban J connectivity index is 4.06. The molecule has 0 aliphatic rings. The second-order valence-electron chi connectivity index (χ2n) is 4.10. The first-order valence-corrected chi connectivity index (χ1v) is 4.82. The van der Waals surface area contributed by atoms with E-state index in [1.54, 1.807) is 0 Å². The Morgan fingerprint density at radius 1 is 1.33 bits per heavy atom. The lowest BCUT2D eigenvalue weighted by atomic mass is 9.89. The van der Waals surface area contributed by atoms with Crippen molar-refractivity contribution in [1.82, 2.24) is 4.90 Å². The van der Waals surface area contributed by atoms with Crippen LogP contribution in [0.1, 0.15) is 27.2 Å². The maximum Gasteiger partial charge on any atom is 0.00408 e. The number of rotatable bonds is 5. The van der Waals surface area contributed by atoms with Crippen molar-refractivity contribution in [3.05, 3.63) is 12.2 Å². The molecule has 0 spiro atoms. The third-order valence-corrected chi connectivity index (χ3v) is 2.34. The molecule has 0 aromatic heterocycles. The van der Waals surface area contributed by atoms with Crippen LogP contribution in [0.15, 0.2) is 12.2 Å². The minimum absolute atomic E-state index is 0.620. The summed E-state index contributed by atoms with van der Waals surface area (Å²) in [7, 11) is 4.24. The fourth-order valence-corrected chi connectivity index (χ4v) is 1.42. The highest BCUT2D eigenvalue weighted by atomic mass is 15.1. The molecule has 0 amide bonds. The summed E-state index contributed by atoms with van der Waals surface area (Å²) in [6.45, 7) is 12.0. The predicted octanol–water partition coefficient (Wildman–Crippen LogP) is 2.79. The molecule has 0 fully saturated rings. The molecule has 0 bridgehead atoms. The molecule has 0 saturated carbocycles. The molecule has 1 atom stereocenters. The van der Waals surface area contributed by atoms with Crippen molar-refractivity contribution in [2.24, 2.45) is 11.8 Å². The van der Waals surface area contributed by atoms with Crippen LogP contribution in [-0.2, 0) is 0 Å². The summed E-state index contributed by atoms with van der Waals surface area (Å²) in [6, 6.07) is 0. The van der Waals surface area contributed by atoms with E-state index in [-0.39, 0.29) is 0 Å². The molecule has 1 nitrogen and oxygen atoms in total. The topological polar surface area (TPSA) is 3.24 Å². The highest BCUT2D eigenvalue weighted by Gasteiger charge is 2.13. The molecule has 1 unspecified atom stereocenters. The van der Waals surface area contributed by atoms with E-state index in [1.807, 2.05) is 0 Å². The van der Waals surface area contributed by atoms with Crippen LogP contribution >= 0.6 is 0 Å². The standard InChI is InChI=1S/C11H23N/c1-7-11(8-12(5)6)10(4)9(2)3/h9,11H,4,7-8H2,1-3,5-6H3. The fraction of sp³-hybridized carbons (Fsp3) is 0.818. The zero-order valence-electron chi connectivity index (χ0n) is 9.22. The summed E-state index contributed by atoms with van der Waals surface area (Å²) in [6.07, 6.45) is 1.20. The summed E-state index contributed by atoms with van der Waals surface area (Å²) in [5.41, 5.74) is 1.39. The molecule has 0 saturated heterocycles. The number of hydrogen-bond donors (Lipinski definition) is 0. The molecular formula is C11H23N. The van der Waals surface area contributed by atoms with E-state index in [4.69, 9.17) is 0 Å². The van der Waals surface area contributed by atoms with Crippen molar-refractivity contribution in [3.8, 4) is 0 Å². The van der Waals surface area contributed by atoms with Gasteiger partial charge in [-0.15, -0.1) is 0 Å². The van der Waals surface area contributed by atoms with Crippen molar-refractivity contribution in [1.29, 1.82) is 0 Å². The molecule has 0 aromatic carbocycles. The van der Waals surface area contributed by atoms with E-state index in [0.29, 0.717) is 11.8 Å². The van der Waals surface area contributed by atoms with Gasteiger partial charge in [0, 0.05) is 6.54 Å². The molecule has 0 radical (unpaired) electrons. The Hall–Kier alpha value is -0.300. The van der Waals surface area contributed by atoms with Crippen LogP contribution in [0.2, 0.25) is 0 Å². The third-order valence-electron chi connectivity index (χ3n) is 2.34. The molecule has 0 aliphatic heterocycles. The molecule has 0 heterocycles. The lowest BCUT2D eigenvalue weighted by molar-refractivity contribution is 0.334. The van der Waals surface area contributed by atoms with Gasteiger partial charge >= 0.3 is 0 Å². The maximum atomic E-state index is 4.15. The number of hydrogen-bond acceptors (Lipinski definition) is 1. The molecule has 0 N–H and O–H groups in total. The summed E-state index contributed by atoms with van der Waals surface area (Å²) < 4.78 is 0. The highest BCUT2D eigenvalue weighted by Crippen LogP contribution is 2.21. The molecule has 12 heavy (non-hydrogen) atoms. The maximum absolute atomic E-state index is 4.15. The van der Waals surface area contributed by atoms with E-state index < -0.39 is 0 Å². The van der Waals surface area contributed by atoms with Gasteiger partial charge in [0.15, 0.2) is 0 Å². The first-order valence-electron chi connectivity index (χ1n) is 4.82. The molecule has 1 heteroatoms. The molecule has 0 rings (SSSR count). The minimum atomic E-state index is 0.620. The molecule has 72 valence electrons. The van der Waals surface area contributed by atoms with Gasteiger partial charge < -0.3 is 4.90 Å². The monoisotopic (exact) mass is 169 g/mol. The van der Waals surface area contributed by atoms with Gasteiger partial charge in [-0.05, 0) is 32.4 Å². The Kier molecular flexibility index (Phi) is 5.23. The van der Waals surface area contributed by atoms with Gasteiger partial charge in [-0.1, -0.05) is 32.9 Å². The lowest BCUT2D eigenvalue weighted by Crippen LogP contribution is -2.23. The van der Waals surface area contributed by atoms with Crippen LogP contribution in [0, 0.1) is 11.8 Å². The summed E-state index contributed by atoms with van der Waals surface area (Å²) in [4.78, 5) is 2.24. The van der Waals surface area contributed by atoms with Gasteiger partial charge in [0.25, 0.3) is 0 Å². The average molecular weight is 169 g/mol. The van der Waals surface area contributed by atoms with Crippen LogP contribution < -0.4 is 0 Å². The molecule has 0 aromatic rings. The fourth-order valence-electron chi connectivity index (χ4n) is 1.42. The van der Waals surface area contributed by atoms with E-state index in [0.717, 1.165) is 6.54 Å². The average Bonchev–Trinajstić information content (AvgIpc) is 1.98. The van der Waals surface area contributed by atoms with Crippen LogP contribution in [0.4, 0.5) is 0 Å². The van der Waals surface area contributed by atoms with Gasteiger partial charge in [-0.3, -0.25) is 0 Å². The van der Waals surface area contributed by atoms with E-state index in [2.05, 4.69) is 46.3 Å². The van der Waals surface area contributed by atoms with Crippen molar-refractivity contribution in [2.45, 2.75) is 27.2 Å². The van der Waals surface area contributed by atoms with Gasteiger partial charge in [0.2, 0.25) is 0 Å². The van der Waals surface area contributed by atoms with Crippen LogP contribution in [-0.4, -0.2) is 25.5 Å². The Labute approximate surface area is 77.5 Å².